The van der Waals surface area contributed by atoms with Crippen LogP contribution >= 0.6 is 11.9 Å². The Kier molecular flexibility index (Phi) is 5.96. The maximum Gasteiger partial charge on any atom is 0.254 e. The number of halogens is 1. The van der Waals surface area contributed by atoms with E-state index < -0.39 is 0 Å². The van der Waals surface area contributed by atoms with Gasteiger partial charge in [0.05, 0.1) is 18.5 Å². The summed E-state index contributed by atoms with van der Waals surface area (Å²) in [6, 6.07) is 15.0. The molecule has 2 unspecified atom stereocenters. The lowest BCUT2D eigenvalue weighted by molar-refractivity contribution is 0.414. The van der Waals surface area contributed by atoms with Crippen molar-refractivity contribution in [3.63, 3.8) is 0 Å². The molecule has 5 nitrogen and oxygen atoms in total. The standard InChI is InChI=1S/C24H26FN3O2S/c1-14-5-10-20(19(25)11-14)26-23-21(12-15(2)24(29)28(23)3)27-31-22-13-18(22)16-6-8-17(30-4)9-7-16/h5-12,18,22,26-27H,13H2,1-4H3. The first-order chi connectivity index (χ1) is 14.9. The lowest BCUT2D eigenvalue weighted by Gasteiger charge is -2.18. The lowest BCUT2D eigenvalue weighted by Crippen LogP contribution is -2.22. The number of hydrogen-bond donors (Lipinski definition) is 2. The van der Waals surface area contributed by atoms with Gasteiger partial charge in [-0.25, -0.2) is 4.39 Å². The summed E-state index contributed by atoms with van der Waals surface area (Å²) in [7, 11) is 3.36. The zero-order valence-electron chi connectivity index (χ0n) is 18.0. The van der Waals surface area contributed by atoms with E-state index in [9.17, 15) is 9.18 Å². The first-order valence-electron chi connectivity index (χ1n) is 10.2. The Morgan fingerprint density at radius 1 is 1.10 bits per heavy atom. The average molecular weight is 440 g/mol. The highest BCUT2D eigenvalue weighted by Crippen LogP contribution is 2.49. The molecule has 0 radical (unpaired) electrons. The van der Waals surface area contributed by atoms with Crippen LogP contribution in [0.5, 0.6) is 5.75 Å². The molecule has 0 amide bonds. The second-order valence-electron chi connectivity index (χ2n) is 7.94. The third-order valence-corrected chi connectivity index (χ3v) is 6.73. The number of aromatic nitrogens is 1. The van der Waals surface area contributed by atoms with Gasteiger partial charge in [-0.2, -0.15) is 0 Å². The number of methoxy groups -OCH3 is 1. The van der Waals surface area contributed by atoms with Crippen LogP contribution < -0.4 is 20.3 Å². The van der Waals surface area contributed by atoms with Crippen LogP contribution in [0.3, 0.4) is 0 Å². The normalized spacial score (nSPS) is 17.3. The van der Waals surface area contributed by atoms with Crippen molar-refractivity contribution in [3.8, 4) is 5.75 Å². The van der Waals surface area contributed by atoms with E-state index in [0.29, 0.717) is 28.2 Å². The molecule has 7 heteroatoms. The van der Waals surface area contributed by atoms with Crippen molar-refractivity contribution < 1.29 is 9.13 Å². The number of aryl methyl sites for hydroxylation is 2. The molecule has 2 atom stereocenters. The summed E-state index contributed by atoms with van der Waals surface area (Å²) in [6.07, 6.45) is 1.07. The average Bonchev–Trinajstić information content (AvgIpc) is 3.54. The zero-order chi connectivity index (χ0) is 22.1. The Morgan fingerprint density at radius 3 is 2.52 bits per heavy atom. The lowest BCUT2D eigenvalue weighted by atomic mass is 10.1. The highest BCUT2D eigenvalue weighted by atomic mass is 32.2. The smallest absolute Gasteiger partial charge is 0.254 e. The van der Waals surface area contributed by atoms with Gasteiger partial charge in [0.25, 0.3) is 5.56 Å². The molecule has 0 bridgehead atoms. The predicted molar refractivity (Wildman–Crippen MR) is 126 cm³/mol. The van der Waals surface area contributed by atoms with E-state index >= 15 is 0 Å². The second kappa shape index (κ2) is 8.67. The van der Waals surface area contributed by atoms with Gasteiger partial charge in [-0.1, -0.05) is 18.2 Å². The summed E-state index contributed by atoms with van der Waals surface area (Å²) in [5.74, 6) is 1.51. The molecular weight excluding hydrogens is 413 g/mol. The van der Waals surface area contributed by atoms with E-state index in [1.54, 1.807) is 39.1 Å². The molecule has 1 aliphatic carbocycles. The number of ether oxygens (including phenoxy) is 1. The van der Waals surface area contributed by atoms with Gasteiger partial charge in [-0.05, 0) is 79.6 Å². The van der Waals surface area contributed by atoms with Gasteiger partial charge in [0.15, 0.2) is 0 Å². The molecule has 0 saturated heterocycles. The maximum absolute atomic E-state index is 14.4. The Morgan fingerprint density at radius 2 is 1.84 bits per heavy atom. The fourth-order valence-electron chi connectivity index (χ4n) is 3.61. The van der Waals surface area contributed by atoms with E-state index in [-0.39, 0.29) is 11.4 Å². The molecule has 4 rings (SSSR count). The van der Waals surface area contributed by atoms with Gasteiger partial charge in [0.1, 0.15) is 17.4 Å². The van der Waals surface area contributed by atoms with E-state index in [1.165, 1.54) is 16.2 Å². The Hall–Kier alpha value is -2.93. The Labute approximate surface area is 185 Å². The molecule has 1 fully saturated rings. The van der Waals surface area contributed by atoms with Crippen LogP contribution in [0, 0.1) is 19.7 Å². The zero-order valence-corrected chi connectivity index (χ0v) is 18.8. The molecule has 1 heterocycles. The van der Waals surface area contributed by atoms with Gasteiger partial charge in [-0.3, -0.25) is 9.36 Å². The fourth-order valence-corrected chi connectivity index (χ4v) is 4.67. The summed E-state index contributed by atoms with van der Waals surface area (Å²) in [5, 5.41) is 3.53. The molecule has 31 heavy (non-hydrogen) atoms. The first-order valence-corrected chi connectivity index (χ1v) is 11.0. The van der Waals surface area contributed by atoms with E-state index in [0.717, 1.165) is 23.4 Å². The minimum Gasteiger partial charge on any atom is -0.497 e. The van der Waals surface area contributed by atoms with Crippen LogP contribution in [0.1, 0.15) is 29.0 Å². The molecular formula is C24H26FN3O2S. The van der Waals surface area contributed by atoms with E-state index in [4.69, 9.17) is 4.74 Å². The molecule has 2 N–H and O–H groups in total. The van der Waals surface area contributed by atoms with E-state index in [2.05, 4.69) is 22.2 Å². The number of rotatable bonds is 7. The molecule has 162 valence electrons. The molecule has 1 aromatic heterocycles. The number of pyridine rings is 1. The number of nitrogens with zero attached hydrogens (tertiary/aromatic N) is 1. The second-order valence-corrected chi connectivity index (χ2v) is 8.98. The molecule has 3 aromatic rings. The van der Waals surface area contributed by atoms with Crippen LogP contribution in [-0.4, -0.2) is 16.9 Å². The van der Waals surface area contributed by atoms with Crippen molar-refractivity contribution in [1.29, 1.82) is 0 Å². The molecule has 0 aliphatic heterocycles. The minimum atomic E-state index is -0.353. The third-order valence-electron chi connectivity index (χ3n) is 5.57. The van der Waals surface area contributed by atoms with Crippen molar-refractivity contribution >= 4 is 29.1 Å². The maximum atomic E-state index is 14.4. The largest absolute Gasteiger partial charge is 0.497 e. The van der Waals surface area contributed by atoms with Gasteiger partial charge in [-0.15, -0.1) is 0 Å². The third kappa shape index (κ3) is 4.56. The highest BCUT2D eigenvalue weighted by Gasteiger charge is 2.39. The molecule has 1 aliphatic rings. The first kappa shape index (κ1) is 21.3. The monoisotopic (exact) mass is 439 g/mol. The van der Waals surface area contributed by atoms with Crippen LogP contribution in [0.25, 0.3) is 0 Å². The van der Waals surface area contributed by atoms with Gasteiger partial charge in [0.2, 0.25) is 0 Å². The molecule has 0 spiro atoms. The van der Waals surface area contributed by atoms with Gasteiger partial charge in [0, 0.05) is 17.9 Å². The predicted octanol–water partition coefficient (Wildman–Crippen LogP) is 5.51. The van der Waals surface area contributed by atoms with Crippen LogP contribution in [0.4, 0.5) is 21.6 Å². The fraction of sp³-hybridized carbons (Fsp3) is 0.292. The Bertz CT molecular complexity index is 1160. The summed E-state index contributed by atoms with van der Waals surface area (Å²) in [5.41, 5.74) is 3.73. The van der Waals surface area contributed by atoms with Crippen molar-refractivity contribution in [2.75, 3.05) is 17.1 Å². The van der Waals surface area contributed by atoms with Crippen LogP contribution in [-0.2, 0) is 7.05 Å². The number of hydrogen-bond acceptors (Lipinski definition) is 5. The van der Waals surface area contributed by atoms with Gasteiger partial charge < -0.3 is 14.8 Å². The van der Waals surface area contributed by atoms with Crippen molar-refractivity contribution in [2.45, 2.75) is 31.4 Å². The molecule has 2 aromatic carbocycles. The van der Waals surface area contributed by atoms with Crippen LogP contribution in [0.2, 0.25) is 0 Å². The number of nitrogens with one attached hydrogen (secondary N) is 2. The van der Waals surface area contributed by atoms with Crippen molar-refractivity contribution in [3.05, 3.63) is 81.4 Å². The van der Waals surface area contributed by atoms with Gasteiger partial charge >= 0.3 is 0 Å². The SMILES string of the molecule is COc1ccc(C2CC2SNc2cc(C)c(=O)n(C)c2Nc2ccc(C)cc2F)cc1. The van der Waals surface area contributed by atoms with E-state index in [1.807, 2.05) is 31.2 Å². The van der Waals surface area contributed by atoms with Crippen molar-refractivity contribution in [1.82, 2.24) is 4.57 Å². The summed E-state index contributed by atoms with van der Waals surface area (Å²) in [4.78, 5) is 12.5. The minimum absolute atomic E-state index is 0.117. The summed E-state index contributed by atoms with van der Waals surface area (Å²) in [6.45, 7) is 3.62. The topological polar surface area (TPSA) is 55.3 Å². The number of anilines is 3. The van der Waals surface area contributed by atoms with Crippen LogP contribution in [0.15, 0.2) is 53.3 Å². The summed E-state index contributed by atoms with van der Waals surface area (Å²) < 4.78 is 24.6. The number of benzene rings is 2. The quantitative estimate of drug-likeness (QED) is 0.476. The Balaban J connectivity index is 1.52. The van der Waals surface area contributed by atoms with Crippen molar-refractivity contribution in [2.24, 2.45) is 7.05 Å². The molecule has 1 saturated carbocycles. The highest BCUT2D eigenvalue weighted by molar-refractivity contribution is 8.01. The summed E-state index contributed by atoms with van der Waals surface area (Å²) >= 11 is 1.63.